The number of halogens is 4. The molecule has 2 atom stereocenters. The molecule has 1 fully saturated rings. The van der Waals surface area contributed by atoms with Gasteiger partial charge >= 0.3 is 6.18 Å². The predicted octanol–water partition coefficient (Wildman–Crippen LogP) is 6.49. The first kappa shape index (κ1) is 25.4. The van der Waals surface area contributed by atoms with E-state index in [0.29, 0.717) is 12.4 Å². The molecule has 0 bridgehead atoms. The Labute approximate surface area is 198 Å². The van der Waals surface area contributed by atoms with Crippen LogP contribution in [0.25, 0.3) is 0 Å². The number of benzene rings is 2. The van der Waals surface area contributed by atoms with Gasteiger partial charge in [-0.1, -0.05) is 49.6 Å². The Bertz CT molecular complexity index is 951. The van der Waals surface area contributed by atoms with E-state index in [-0.39, 0.29) is 11.6 Å². The minimum absolute atomic E-state index is 0.00170. The highest BCUT2D eigenvalue weighted by Gasteiger charge is 2.36. The van der Waals surface area contributed by atoms with Crippen molar-refractivity contribution < 1.29 is 22.7 Å². The topological polar surface area (TPSA) is 41.6 Å². The number of rotatable bonds is 8. The summed E-state index contributed by atoms with van der Waals surface area (Å²) in [5.74, 6) is 0.0724. The van der Waals surface area contributed by atoms with Crippen molar-refractivity contribution in [2.24, 2.45) is 0 Å². The first-order valence-electron chi connectivity index (χ1n) is 11.3. The molecule has 8 heteroatoms. The molecular weight excluding hydrogens is 453 g/mol. The van der Waals surface area contributed by atoms with Crippen molar-refractivity contribution in [1.29, 1.82) is 0 Å². The largest absolute Gasteiger partial charge is 0.494 e. The van der Waals surface area contributed by atoms with Crippen LogP contribution in [0.2, 0.25) is 5.02 Å². The number of carbonyl (C=O) groups excluding carboxylic acids is 1. The molecule has 4 nitrogen and oxygen atoms in total. The molecule has 33 heavy (non-hydrogen) atoms. The SMILES string of the molecule is CCCCOc1cccc([C@H](NC(=O)c2cccc(C(F)(F)F)c2Cl)[C@@H]2CCCCN2C)c1. The van der Waals surface area contributed by atoms with Crippen LogP contribution in [0.5, 0.6) is 5.75 Å². The molecule has 2 aromatic carbocycles. The molecule has 0 aromatic heterocycles. The van der Waals surface area contributed by atoms with Gasteiger partial charge in [0.2, 0.25) is 0 Å². The lowest BCUT2D eigenvalue weighted by atomic mass is 9.90. The van der Waals surface area contributed by atoms with Gasteiger partial charge in [0.1, 0.15) is 5.75 Å². The van der Waals surface area contributed by atoms with E-state index in [0.717, 1.165) is 50.3 Å². The lowest BCUT2D eigenvalue weighted by Gasteiger charge is -2.38. The molecule has 180 valence electrons. The zero-order valence-corrected chi connectivity index (χ0v) is 19.7. The molecule has 1 heterocycles. The predicted molar refractivity (Wildman–Crippen MR) is 124 cm³/mol. The van der Waals surface area contributed by atoms with Crippen LogP contribution in [0.15, 0.2) is 42.5 Å². The fraction of sp³-hybridized carbons (Fsp3) is 0.480. The van der Waals surface area contributed by atoms with Crippen molar-refractivity contribution in [2.75, 3.05) is 20.2 Å². The van der Waals surface area contributed by atoms with E-state index in [2.05, 4.69) is 17.1 Å². The summed E-state index contributed by atoms with van der Waals surface area (Å²) in [6.07, 6.45) is 0.248. The molecule has 1 aliphatic heterocycles. The van der Waals surface area contributed by atoms with Gasteiger partial charge in [-0.25, -0.2) is 0 Å². The molecule has 0 spiro atoms. The molecular formula is C25H30ClF3N2O2. The number of likely N-dealkylation sites (N-methyl/N-ethyl adjacent to an activating group) is 1. The third-order valence-electron chi connectivity index (χ3n) is 6.03. The molecule has 0 radical (unpaired) electrons. The Morgan fingerprint density at radius 2 is 2.00 bits per heavy atom. The molecule has 0 unspecified atom stereocenters. The van der Waals surface area contributed by atoms with Gasteiger partial charge in [0.25, 0.3) is 5.91 Å². The minimum atomic E-state index is -4.64. The van der Waals surface area contributed by atoms with E-state index < -0.39 is 28.7 Å². The van der Waals surface area contributed by atoms with Gasteiger partial charge in [-0.05, 0) is 62.7 Å². The molecule has 3 rings (SSSR count). The summed E-state index contributed by atoms with van der Waals surface area (Å²) >= 11 is 6.02. The number of alkyl halides is 3. The Morgan fingerprint density at radius 1 is 1.24 bits per heavy atom. The van der Waals surface area contributed by atoms with Crippen molar-refractivity contribution in [3.63, 3.8) is 0 Å². The second-order valence-electron chi connectivity index (χ2n) is 8.43. The summed E-state index contributed by atoms with van der Waals surface area (Å²) in [5, 5.41) is 2.39. The maximum absolute atomic E-state index is 13.3. The third-order valence-corrected chi connectivity index (χ3v) is 6.44. The zero-order chi connectivity index (χ0) is 24.0. The second kappa shape index (κ2) is 11.3. The van der Waals surface area contributed by atoms with Gasteiger partial charge in [0.05, 0.1) is 28.8 Å². The van der Waals surface area contributed by atoms with Crippen LogP contribution in [-0.4, -0.2) is 37.0 Å². The van der Waals surface area contributed by atoms with Gasteiger partial charge in [-0.15, -0.1) is 0 Å². The quantitative estimate of drug-likeness (QED) is 0.437. The molecule has 0 saturated carbocycles. The van der Waals surface area contributed by atoms with Crippen molar-refractivity contribution >= 4 is 17.5 Å². The number of hydrogen-bond donors (Lipinski definition) is 1. The second-order valence-corrected chi connectivity index (χ2v) is 8.81. The zero-order valence-electron chi connectivity index (χ0n) is 18.9. The van der Waals surface area contributed by atoms with Gasteiger partial charge in [0.15, 0.2) is 0 Å². The maximum Gasteiger partial charge on any atom is 0.417 e. The van der Waals surface area contributed by atoms with Crippen LogP contribution in [0.4, 0.5) is 13.2 Å². The fourth-order valence-electron chi connectivity index (χ4n) is 4.20. The van der Waals surface area contributed by atoms with Crippen molar-refractivity contribution in [3.8, 4) is 5.75 Å². The maximum atomic E-state index is 13.3. The molecule has 1 saturated heterocycles. The highest BCUT2D eigenvalue weighted by Crippen LogP contribution is 2.37. The Kier molecular flexibility index (Phi) is 8.65. The normalized spacial score (nSPS) is 18.1. The van der Waals surface area contributed by atoms with Gasteiger partial charge < -0.3 is 15.0 Å². The lowest BCUT2D eigenvalue weighted by Crippen LogP contribution is -2.47. The van der Waals surface area contributed by atoms with Gasteiger partial charge in [-0.3, -0.25) is 4.79 Å². The van der Waals surface area contributed by atoms with Crippen LogP contribution in [0, 0.1) is 0 Å². The Balaban J connectivity index is 1.92. The van der Waals surface area contributed by atoms with Crippen LogP contribution >= 0.6 is 11.6 Å². The number of carbonyl (C=O) groups is 1. The van der Waals surface area contributed by atoms with E-state index in [1.807, 2.05) is 31.3 Å². The molecule has 1 amide bonds. The van der Waals surface area contributed by atoms with Crippen molar-refractivity contribution in [1.82, 2.24) is 10.2 Å². The summed E-state index contributed by atoms with van der Waals surface area (Å²) < 4.78 is 45.7. The van der Waals surface area contributed by atoms with Crippen molar-refractivity contribution in [2.45, 2.75) is 57.3 Å². The lowest BCUT2D eigenvalue weighted by molar-refractivity contribution is -0.137. The number of piperidine rings is 1. The van der Waals surface area contributed by atoms with E-state index in [1.165, 1.54) is 12.1 Å². The number of nitrogens with one attached hydrogen (secondary N) is 1. The average Bonchev–Trinajstić information content (AvgIpc) is 2.78. The average molecular weight is 483 g/mol. The molecule has 0 aliphatic carbocycles. The summed E-state index contributed by atoms with van der Waals surface area (Å²) in [6, 6.07) is 10.5. The third kappa shape index (κ3) is 6.42. The van der Waals surface area contributed by atoms with Gasteiger partial charge in [0, 0.05) is 6.04 Å². The van der Waals surface area contributed by atoms with Gasteiger partial charge in [-0.2, -0.15) is 13.2 Å². The Hall–Kier alpha value is -2.25. The first-order chi connectivity index (χ1) is 15.7. The fourth-order valence-corrected chi connectivity index (χ4v) is 4.52. The van der Waals surface area contributed by atoms with E-state index in [4.69, 9.17) is 16.3 Å². The number of unbranched alkanes of at least 4 members (excludes halogenated alkanes) is 1. The number of hydrogen-bond acceptors (Lipinski definition) is 3. The summed E-state index contributed by atoms with van der Waals surface area (Å²) in [7, 11) is 2.00. The summed E-state index contributed by atoms with van der Waals surface area (Å²) in [6.45, 7) is 3.57. The van der Waals surface area contributed by atoms with Crippen LogP contribution in [0.3, 0.4) is 0 Å². The highest BCUT2D eigenvalue weighted by molar-refractivity contribution is 6.34. The number of amides is 1. The standard InChI is InChI=1S/C25H30ClF3N2O2/c1-3-4-15-33-18-10-7-9-17(16-18)23(21-13-5-6-14-31(21)2)30-24(32)19-11-8-12-20(22(19)26)25(27,28)29/h7-12,16,21,23H,3-6,13-15H2,1-2H3,(H,30,32)/t21-,23-/m0/s1. The Morgan fingerprint density at radius 3 is 2.70 bits per heavy atom. The van der Waals surface area contributed by atoms with Crippen molar-refractivity contribution in [3.05, 3.63) is 64.2 Å². The first-order valence-corrected chi connectivity index (χ1v) is 11.7. The molecule has 2 aromatic rings. The monoisotopic (exact) mass is 482 g/mol. The number of nitrogens with zero attached hydrogens (tertiary/aromatic N) is 1. The number of ether oxygens (including phenoxy) is 1. The minimum Gasteiger partial charge on any atom is -0.494 e. The van der Waals surface area contributed by atoms with E-state index in [1.54, 1.807) is 0 Å². The van der Waals surface area contributed by atoms with E-state index >= 15 is 0 Å². The summed E-state index contributed by atoms with van der Waals surface area (Å²) in [5.41, 5.74) is -0.362. The van der Waals surface area contributed by atoms with Crippen LogP contribution < -0.4 is 10.1 Å². The van der Waals surface area contributed by atoms with E-state index in [9.17, 15) is 18.0 Å². The smallest absolute Gasteiger partial charge is 0.417 e. The summed E-state index contributed by atoms with van der Waals surface area (Å²) in [4.78, 5) is 15.3. The highest BCUT2D eigenvalue weighted by atomic mass is 35.5. The molecule has 1 N–H and O–H groups in total. The number of likely N-dealkylation sites (tertiary alicyclic amines) is 1. The molecule has 1 aliphatic rings. The van der Waals surface area contributed by atoms with Crippen LogP contribution in [0.1, 0.15) is 66.6 Å². The van der Waals surface area contributed by atoms with Crippen LogP contribution in [-0.2, 0) is 6.18 Å².